The predicted octanol–water partition coefficient (Wildman–Crippen LogP) is 3.24. The minimum absolute atomic E-state index is 0.121. The zero-order valence-electron chi connectivity index (χ0n) is 19.2. The highest BCUT2D eigenvalue weighted by Crippen LogP contribution is 2.13. The molecule has 2 aromatic rings. The van der Waals surface area contributed by atoms with Gasteiger partial charge in [0, 0.05) is 6.42 Å². The van der Waals surface area contributed by atoms with Crippen molar-refractivity contribution in [3.63, 3.8) is 0 Å². The van der Waals surface area contributed by atoms with Gasteiger partial charge in [-0.2, -0.15) is 0 Å². The second-order valence-corrected chi connectivity index (χ2v) is 8.65. The predicted molar refractivity (Wildman–Crippen MR) is 124 cm³/mol. The zero-order valence-corrected chi connectivity index (χ0v) is 19.2. The first-order valence-corrected chi connectivity index (χ1v) is 10.9. The standard InChI is InChI=1S/C24H31N5O4/c1-24(2,3)33-23(31)25-20(22(30)32-17-19-12-8-5-9-13-19)14-15-21-26-27-28-29(21)16-18-10-6-4-7-11-18/h4-13,20,27-28H,14-17H2,1-3H3,(H,25,31)/t20-/m0/s1. The number of ether oxygens (including phenoxy) is 2. The Bertz CT molecular complexity index is 944. The van der Waals surface area contributed by atoms with Crippen LogP contribution < -0.4 is 16.4 Å². The molecule has 3 rings (SSSR count). The van der Waals surface area contributed by atoms with Crippen molar-refractivity contribution in [3.05, 3.63) is 71.8 Å². The molecule has 9 nitrogen and oxygen atoms in total. The molecule has 0 unspecified atom stereocenters. The topological polar surface area (TPSA) is 104 Å². The fourth-order valence-electron chi connectivity index (χ4n) is 3.16. The third kappa shape index (κ3) is 8.12. The minimum Gasteiger partial charge on any atom is -0.459 e. The minimum atomic E-state index is -0.884. The summed E-state index contributed by atoms with van der Waals surface area (Å²) in [5, 5.41) is 8.77. The summed E-state index contributed by atoms with van der Waals surface area (Å²) < 4.78 is 10.8. The Labute approximate surface area is 194 Å². The molecular weight excluding hydrogens is 422 g/mol. The van der Waals surface area contributed by atoms with Crippen molar-refractivity contribution in [2.75, 3.05) is 0 Å². The molecule has 33 heavy (non-hydrogen) atoms. The summed E-state index contributed by atoms with van der Waals surface area (Å²) >= 11 is 0. The molecule has 1 heterocycles. The number of esters is 1. The van der Waals surface area contributed by atoms with Crippen LogP contribution >= 0.6 is 0 Å². The summed E-state index contributed by atoms with van der Waals surface area (Å²) in [6.07, 6.45) is 0.0450. The molecule has 1 amide bonds. The summed E-state index contributed by atoms with van der Waals surface area (Å²) in [5.41, 5.74) is 7.01. The van der Waals surface area contributed by atoms with E-state index in [1.54, 1.807) is 20.8 Å². The maximum absolute atomic E-state index is 12.8. The Balaban J connectivity index is 1.61. The van der Waals surface area contributed by atoms with Crippen molar-refractivity contribution in [1.29, 1.82) is 0 Å². The largest absolute Gasteiger partial charge is 0.459 e. The molecule has 0 saturated carbocycles. The van der Waals surface area contributed by atoms with Gasteiger partial charge < -0.3 is 14.8 Å². The number of hydrogen-bond donors (Lipinski definition) is 3. The average molecular weight is 454 g/mol. The van der Waals surface area contributed by atoms with Gasteiger partial charge >= 0.3 is 12.1 Å². The maximum atomic E-state index is 12.8. The van der Waals surface area contributed by atoms with Crippen LogP contribution in [0.5, 0.6) is 0 Å². The van der Waals surface area contributed by atoms with E-state index in [9.17, 15) is 9.59 Å². The number of hydrazone groups is 1. The second kappa shape index (κ2) is 11.3. The van der Waals surface area contributed by atoms with Gasteiger partial charge in [0.05, 0.1) is 6.54 Å². The number of carbonyl (C=O) groups excluding carboxylic acids is 2. The van der Waals surface area contributed by atoms with Crippen molar-refractivity contribution in [2.45, 2.75) is 58.4 Å². The number of nitrogens with zero attached hydrogens (tertiary/aromatic N) is 2. The fraction of sp³-hybridized carbons (Fsp3) is 0.375. The number of nitrogens with one attached hydrogen (secondary N) is 3. The monoisotopic (exact) mass is 453 g/mol. The quantitative estimate of drug-likeness (QED) is 0.501. The van der Waals surface area contributed by atoms with Gasteiger partial charge in [0.2, 0.25) is 0 Å². The van der Waals surface area contributed by atoms with Crippen LogP contribution in [-0.4, -0.2) is 34.5 Å². The SMILES string of the molecule is CC(C)(C)OC(=O)N[C@@H](CCC1=NNNN1Cc1ccccc1)C(=O)OCc1ccccc1. The molecule has 0 aliphatic carbocycles. The first-order chi connectivity index (χ1) is 15.8. The molecular formula is C24H31N5O4. The van der Waals surface area contributed by atoms with Gasteiger partial charge in [-0.1, -0.05) is 60.7 Å². The summed E-state index contributed by atoms with van der Waals surface area (Å²) in [7, 11) is 0. The third-order valence-electron chi connectivity index (χ3n) is 4.72. The molecule has 0 radical (unpaired) electrons. The first-order valence-electron chi connectivity index (χ1n) is 10.9. The van der Waals surface area contributed by atoms with Crippen molar-refractivity contribution in [1.82, 2.24) is 21.4 Å². The van der Waals surface area contributed by atoms with E-state index in [2.05, 4.69) is 21.5 Å². The lowest BCUT2D eigenvalue weighted by Gasteiger charge is -2.24. The second-order valence-electron chi connectivity index (χ2n) is 8.65. The number of hydrazine groups is 2. The molecule has 0 saturated heterocycles. The number of alkyl carbamates (subject to hydrolysis) is 1. The van der Waals surface area contributed by atoms with E-state index in [1.165, 1.54) is 0 Å². The van der Waals surface area contributed by atoms with Crippen LogP contribution in [0.4, 0.5) is 4.79 Å². The molecule has 9 heteroatoms. The Morgan fingerprint density at radius 2 is 1.67 bits per heavy atom. The third-order valence-corrected chi connectivity index (χ3v) is 4.72. The van der Waals surface area contributed by atoms with E-state index in [1.807, 2.05) is 65.7 Å². The highest BCUT2D eigenvalue weighted by Gasteiger charge is 2.27. The summed E-state index contributed by atoms with van der Waals surface area (Å²) in [6.45, 7) is 6.01. The Morgan fingerprint density at radius 3 is 2.30 bits per heavy atom. The zero-order chi connectivity index (χ0) is 23.7. The van der Waals surface area contributed by atoms with Gasteiger partial charge in [0.15, 0.2) is 0 Å². The highest BCUT2D eigenvalue weighted by molar-refractivity contribution is 5.85. The molecule has 1 aliphatic rings. The first kappa shape index (κ1) is 24.1. The highest BCUT2D eigenvalue weighted by atomic mass is 16.6. The lowest BCUT2D eigenvalue weighted by Crippen LogP contribution is -2.45. The number of benzene rings is 2. The van der Waals surface area contributed by atoms with E-state index in [-0.39, 0.29) is 6.61 Å². The van der Waals surface area contributed by atoms with Crippen molar-refractivity contribution >= 4 is 17.9 Å². The molecule has 0 aromatic heterocycles. The lowest BCUT2D eigenvalue weighted by molar-refractivity contribution is -0.147. The van der Waals surface area contributed by atoms with Crippen LogP contribution in [0.15, 0.2) is 65.8 Å². The van der Waals surface area contributed by atoms with Crippen LogP contribution in [0.2, 0.25) is 0 Å². The smallest absolute Gasteiger partial charge is 0.408 e. The molecule has 0 bridgehead atoms. The fourth-order valence-corrected chi connectivity index (χ4v) is 3.16. The molecule has 176 valence electrons. The number of amidine groups is 1. The lowest BCUT2D eigenvalue weighted by atomic mass is 10.1. The van der Waals surface area contributed by atoms with E-state index >= 15 is 0 Å². The van der Waals surface area contributed by atoms with Crippen molar-refractivity contribution < 1.29 is 19.1 Å². The summed E-state index contributed by atoms with van der Waals surface area (Å²) in [4.78, 5) is 25.2. The molecule has 3 N–H and O–H groups in total. The molecule has 2 aromatic carbocycles. The number of rotatable bonds is 9. The summed E-state index contributed by atoms with van der Waals surface area (Å²) in [6, 6.07) is 18.4. The van der Waals surface area contributed by atoms with E-state index in [0.717, 1.165) is 11.1 Å². The van der Waals surface area contributed by atoms with Crippen LogP contribution in [0.3, 0.4) is 0 Å². The van der Waals surface area contributed by atoms with Gasteiger partial charge in [-0.25, -0.2) is 15.1 Å². The van der Waals surface area contributed by atoms with Crippen LogP contribution in [0.1, 0.15) is 44.7 Å². The van der Waals surface area contributed by atoms with Gasteiger partial charge in [-0.15, -0.1) is 10.6 Å². The Morgan fingerprint density at radius 1 is 1.03 bits per heavy atom. The molecule has 1 aliphatic heterocycles. The van der Waals surface area contributed by atoms with Gasteiger partial charge in [0.25, 0.3) is 0 Å². The van der Waals surface area contributed by atoms with Crippen LogP contribution in [-0.2, 0) is 27.4 Å². The van der Waals surface area contributed by atoms with Crippen molar-refractivity contribution in [2.24, 2.45) is 5.10 Å². The van der Waals surface area contributed by atoms with Gasteiger partial charge in [0.1, 0.15) is 24.1 Å². The molecule has 0 fully saturated rings. The number of carbonyl (C=O) groups is 2. The number of hydrogen-bond acceptors (Lipinski definition) is 8. The maximum Gasteiger partial charge on any atom is 0.408 e. The van der Waals surface area contributed by atoms with E-state index < -0.39 is 23.7 Å². The Hall–Kier alpha value is -3.59. The normalized spacial score (nSPS) is 14.2. The van der Waals surface area contributed by atoms with Crippen LogP contribution in [0.25, 0.3) is 0 Å². The van der Waals surface area contributed by atoms with Crippen molar-refractivity contribution in [3.8, 4) is 0 Å². The Kier molecular flexibility index (Phi) is 8.26. The van der Waals surface area contributed by atoms with Gasteiger partial charge in [-0.05, 0) is 38.3 Å². The van der Waals surface area contributed by atoms with E-state index in [4.69, 9.17) is 9.47 Å². The molecule has 1 atom stereocenters. The van der Waals surface area contributed by atoms with Crippen LogP contribution in [0, 0.1) is 0 Å². The number of amides is 1. The summed E-state index contributed by atoms with van der Waals surface area (Å²) in [5.74, 6) is 0.185. The van der Waals surface area contributed by atoms with Gasteiger partial charge in [-0.3, -0.25) is 5.01 Å². The average Bonchev–Trinajstić information content (AvgIpc) is 3.22. The molecule has 0 spiro atoms. The van der Waals surface area contributed by atoms with E-state index in [0.29, 0.717) is 25.2 Å².